The van der Waals surface area contributed by atoms with Crippen LogP contribution in [0.4, 0.5) is 0 Å². The molecule has 0 spiro atoms. The molecular weight excluding hydrogens is 252 g/mol. The average molecular weight is 261 g/mol. The summed E-state index contributed by atoms with van der Waals surface area (Å²) < 4.78 is 1.27. The van der Waals surface area contributed by atoms with Gasteiger partial charge in [0.15, 0.2) is 0 Å². The summed E-state index contributed by atoms with van der Waals surface area (Å²) in [7, 11) is 0. The van der Waals surface area contributed by atoms with Crippen LogP contribution < -0.4 is 0 Å². The number of thiophene rings is 1. The molecule has 0 aliphatic rings. The minimum Gasteiger partial charge on any atom is -0.142 e. The van der Waals surface area contributed by atoms with Gasteiger partial charge in [-0.1, -0.05) is 6.07 Å². The Morgan fingerprint density at radius 3 is 2.93 bits per heavy atom. The first-order valence-corrected chi connectivity index (χ1v) is 7.18. The minimum atomic E-state index is 0.568. The lowest BCUT2D eigenvalue weighted by Gasteiger charge is -2.03. The predicted octanol–water partition coefficient (Wildman–Crippen LogP) is 4.65. The first-order valence-electron chi connectivity index (χ1n) is 4.10. The lowest BCUT2D eigenvalue weighted by atomic mass is 10.2. The second-order valence-electron chi connectivity index (χ2n) is 2.89. The van der Waals surface area contributed by atoms with E-state index in [9.17, 15) is 0 Å². The lowest BCUT2D eigenvalue weighted by molar-refractivity contribution is 1.41. The van der Waals surface area contributed by atoms with Gasteiger partial charge >= 0.3 is 0 Å². The molecule has 0 saturated heterocycles. The SMILES string of the molecule is CSc1ccc(CCl)c2scc(S)c12. The van der Waals surface area contributed by atoms with Crippen molar-refractivity contribution in [2.45, 2.75) is 15.7 Å². The normalized spacial score (nSPS) is 11.1. The zero-order valence-electron chi connectivity index (χ0n) is 7.58. The molecule has 0 N–H and O–H groups in total. The fourth-order valence-electron chi connectivity index (χ4n) is 1.43. The van der Waals surface area contributed by atoms with Gasteiger partial charge in [0.1, 0.15) is 0 Å². The standard InChI is InChI=1S/C10H9ClS3/c1-13-8-3-2-6(4-11)10-9(8)7(12)5-14-10/h2-3,5,12H,4H2,1H3. The molecule has 1 aromatic heterocycles. The maximum atomic E-state index is 5.89. The van der Waals surface area contributed by atoms with Crippen molar-refractivity contribution in [3.8, 4) is 0 Å². The molecule has 2 rings (SSSR count). The molecule has 1 aromatic carbocycles. The smallest absolute Gasteiger partial charge is 0.0488 e. The summed E-state index contributed by atoms with van der Waals surface area (Å²) in [5.74, 6) is 0.568. The quantitative estimate of drug-likeness (QED) is 0.466. The Morgan fingerprint density at radius 1 is 1.50 bits per heavy atom. The number of fused-ring (bicyclic) bond motifs is 1. The van der Waals surface area contributed by atoms with Crippen molar-refractivity contribution in [3.63, 3.8) is 0 Å². The van der Waals surface area contributed by atoms with Crippen LogP contribution in [-0.4, -0.2) is 6.26 Å². The van der Waals surface area contributed by atoms with Crippen molar-refractivity contribution >= 4 is 57.4 Å². The van der Waals surface area contributed by atoms with Crippen LogP contribution in [0.2, 0.25) is 0 Å². The van der Waals surface area contributed by atoms with Crippen LogP contribution in [0.5, 0.6) is 0 Å². The van der Waals surface area contributed by atoms with E-state index >= 15 is 0 Å². The van der Waals surface area contributed by atoms with Crippen molar-refractivity contribution in [3.05, 3.63) is 23.1 Å². The molecule has 0 atom stereocenters. The molecule has 0 aliphatic carbocycles. The van der Waals surface area contributed by atoms with Gasteiger partial charge < -0.3 is 0 Å². The molecule has 1 heterocycles. The predicted molar refractivity (Wildman–Crippen MR) is 70.4 cm³/mol. The summed E-state index contributed by atoms with van der Waals surface area (Å²) in [6, 6.07) is 4.22. The second-order valence-corrected chi connectivity index (χ2v) is 5.36. The Bertz CT molecular complexity index is 462. The molecule has 0 fully saturated rings. The number of benzene rings is 1. The summed E-state index contributed by atoms with van der Waals surface area (Å²) in [5, 5.41) is 3.33. The Labute approximate surface area is 102 Å². The molecule has 74 valence electrons. The Morgan fingerprint density at radius 2 is 2.29 bits per heavy atom. The minimum absolute atomic E-state index is 0.568. The summed E-state index contributed by atoms with van der Waals surface area (Å²) >= 11 is 13.8. The summed E-state index contributed by atoms with van der Waals surface area (Å²) in [6.07, 6.45) is 2.08. The Balaban J connectivity index is 2.81. The number of halogens is 1. The highest BCUT2D eigenvalue weighted by Crippen LogP contribution is 2.38. The number of hydrogen-bond donors (Lipinski definition) is 1. The average Bonchev–Trinajstić information content (AvgIpc) is 2.60. The number of rotatable bonds is 2. The zero-order valence-corrected chi connectivity index (χ0v) is 10.9. The van der Waals surface area contributed by atoms with Crippen LogP contribution >= 0.6 is 47.3 Å². The summed E-state index contributed by atoms with van der Waals surface area (Å²) in [5.41, 5.74) is 1.20. The maximum absolute atomic E-state index is 5.89. The van der Waals surface area contributed by atoms with E-state index in [-0.39, 0.29) is 0 Å². The maximum Gasteiger partial charge on any atom is 0.0488 e. The van der Waals surface area contributed by atoms with Crippen molar-refractivity contribution in [1.82, 2.24) is 0 Å². The lowest BCUT2D eigenvalue weighted by Crippen LogP contribution is -1.80. The van der Waals surface area contributed by atoms with E-state index in [2.05, 4.69) is 36.4 Å². The van der Waals surface area contributed by atoms with Gasteiger partial charge in [0.25, 0.3) is 0 Å². The largest absolute Gasteiger partial charge is 0.142 e. The Kier molecular flexibility index (Phi) is 3.32. The van der Waals surface area contributed by atoms with Crippen molar-refractivity contribution in [2.24, 2.45) is 0 Å². The van der Waals surface area contributed by atoms with E-state index in [0.29, 0.717) is 5.88 Å². The van der Waals surface area contributed by atoms with E-state index in [4.69, 9.17) is 11.6 Å². The number of thioether (sulfide) groups is 1. The molecule has 0 saturated carbocycles. The third-order valence-corrected chi connectivity index (χ3v) is 4.76. The van der Waals surface area contributed by atoms with E-state index in [1.165, 1.54) is 20.5 Å². The highest BCUT2D eigenvalue weighted by Gasteiger charge is 2.09. The molecule has 0 radical (unpaired) electrons. The zero-order chi connectivity index (χ0) is 10.1. The third-order valence-electron chi connectivity index (χ3n) is 2.11. The molecule has 14 heavy (non-hydrogen) atoms. The van der Waals surface area contributed by atoms with Gasteiger partial charge in [0, 0.05) is 31.1 Å². The van der Waals surface area contributed by atoms with E-state index in [0.717, 1.165) is 4.90 Å². The van der Waals surface area contributed by atoms with Crippen LogP contribution in [0.3, 0.4) is 0 Å². The summed E-state index contributed by atoms with van der Waals surface area (Å²) in [4.78, 5) is 2.33. The van der Waals surface area contributed by atoms with Crippen LogP contribution in [0, 0.1) is 0 Å². The van der Waals surface area contributed by atoms with Crippen LogP contribution in [0.25, 0.3) is 10.1 Å². The van der Waals surface area contributed by atoms with Gasteiger partial charge in [-0.05, 0) is 17.9 Å². The number of alkyl halides is 1. The number of hydrogen-bond acceptors (Lipinski definition) is 3. The fraction of sp³-hybridized carbons (Fsp3) is 0.200. The first-order chi connectivity index (χ1) is 6.77. The van der Waals surface area contributed by atoms with Crippen molar-refractivity contribution < 1.29 is 0 Å². The molecule has 0 bridgehead atoms. The van der Waals surface area contributed by atoms with Crippen LogP contribution in [-0.2, 0) is 5.88 Å². The van der Waals surface area contributed by atoms with Crippen LogP contribution in [0.1, 0.15) is 5.56 Å². The van der Waals surface area contributed by atoms with E-state index in [1.807, 2.05) is 0 Å². The molecule has 0 unspecified atom stereocenters. The Hall–Kier alpha value is 0.170. The molecule has 4 heteroatoms. The van der Waals surface area contributed by atoms with Crippen molar-refractivity contribution in [1.29, 1.82) is 0 Å². The second kappa shape index (κ2) is 4.35. The van der Waals surface area contributed by atoms with Gasteiger partial charge in [0.05, 0.1) is 0 Å². The summed E-state index contributed by atoms with van der Waals surface area (Å²) in [6.45, 7) is 0. The number of thiol groups is 1. The fourth-order valence-corrected chi connectivity index (χ4v) is 3.94. The van der Waals surface area contributed by atoms with E-state index < -0.39 is 0 Å². The van der Waals surface area contributed by atoms with Gasteiger partial charge in [0.2, 0.25) is 0 Å². The topological polar surface area (TPSA) is 0 Å². The highest BCUT2D eigenvalue weighted by atomic mass is 35.5. The molecule has 0 amide bonds. The monoisotopic (exact) mass is 260 g/mol. The highest BCUT2D eigenvalue weighted by molar-refractivity contribution is 7.98. The third kappa shape index (κ3) is 1.67. The van der Waals surface area contributed by atoms with Gasteiger partial charge in [-0.2, -0.15) is 0 Å². The van der Waals surface area contributed by atoms with Gasteiger partial charge in [-0.25, -0.2) is 0 Å². The van der Waals surface area contributed by atoms with Gasteiger partial charge in [-0.3, -0.25) is 0 Å². The molecule has 0 aliphatic heterocycles. The van der Waals surface area contributed by atoms with Gasteiger partial charge in [-0.15, -0.1) is 47.3 Å². The molecule has 0 nitrogen and oxygen atoms in total. The first kappa shape index (κ1) is 10.7. The van der Waals surface area contributed by atoms with Crippen LogP contribution in [0.15, 0.2) is 27.3 Å². The van der Waals surface area contributed by atoms with E-state index in [1.54, 1.807) is 23.1 Å². The molecular formula is C10H9ClS3. The van der Waals surface area contributed by atoms with Crippen molar-refractivity contribution in [2.75, 3.05) is 6.26 Å². The molecule has 2 aromatic rings.